The van der Waals surface area contributed by atoms with Crippen LogP contribution >= 0.6 is 0 Å². The van der Waals surface area contributed by atoms with Gasteiger partial charge in [-0.2, -0.15) is 0 Å². The molecule has 2 aliphatic heterocycles. The fourth-order valence-corrected chi connectivity index (χ4v) is 4.33. The molecular weight excluding hydrogens is 374 g/mol. The smallest absolute Gasteiger partial charge is 0.251 e. The van der Waals surface area contributed by atoms with Crippen LogP contribution in [0.25, 0.3) is 0 Å². The highest BCUT2D eigenvalue weighted by atomic mass is 16.2. The van der Waals surface area contributed by atoms with Crippen molar-refractivity contribution < 1.29 is 9.59 Å². The molecule has 0 atom stereocenters. The lowest BCUT2D eigenvalue weighted by Gasteiger charge is -2.26. The van der Waals surface area contributed by atoms with Crippen LogP contribution in [-0.2, 0) is 24.4 Å². The van der Waals surface area contributed by atoms with Crippen LogP contribution in [0.1, 0.15) is 59.2 Å². The lowest BCUT2D eigenvalue weighted by atomic mass is 10.1. The third-order valence-corrected chi connectivity index (χ3v) is 6.06. The molecule has 5 nitrogen and oxygen atoms in total. The van der Waals surface area contributed by atoms with E-state index in [0.717, 1.165) is 30.6 Å². The molecule has 2 aromatic carbocycles. The van der Waals surface area contributed by atoms with Crippen molar-refractivity contribution >= 4 is 11.8 Å². The number of hydrogen-bond acceptors (Lipinski definition) is 3. The second-order valence-corrected chi connectivity index (χ2v) is 8.46. The summed E-state index contributed by atoms with van der Waals surface area (Å²) >= 11 is 0. The van der Waals surface area contributed by atoms with Gasteiger partial charge < -0.3 is 10.2 Å². The van der Waals surface area contributed by atoms with Crippen molar-refractivity contribution in [1.29, 1.82) is 0 Å². The first-order valence-electron chi connectivity index (χ1n) is 11.1. The molecule has 0 radical (unpaired) electrons. The minimum atomic E-state index is -0.0815. The van der Waals surface area contributed by atoms with Crippen molar-refractivity contribution in [3.8, 4) is 0 Å². The predicted octanol–water partition coefficient (Wildman–Crippen LogP) is 3.72. The summed E-state index contributed by atoms with van der Waals surface area (Å²) in [6.07, 6.45) is 5.53. The van der Waals surface area contributed by atoms with Gasteiger partial charge in [0.2, 0.25) is 5.91 Å². The number of carbonyl (C=O) groups is 2. The van der Waals surface area contributed by atoms with Gasteiger partial charge in [-0.1, -0.05) is 42.8 Å². The van der Waals surface area contributed by atoms with Gasteiger partial charge >= 0.3 is 0 Å². The van der Waals surface area contributed by atoms with Crippen molar-refractivity contribution in [1.82, 2.24) is 15.1 Å². The van der Waals surface area contributed by atoms with Gasteiger partial charge in [0, 0.05) is 38.2 Å². The minimum Gasteiger partial charge on any atom is -0.348 e. The molecule has 2 heterocycles. The van der Waals surface area contributed by atoms with E-state index in [9.17, 15) is 9.59 Å². The zero-order chi connectivity index (χ0) is 20.8. The van der Waals surface area contributed by atoms with E-state index < -0.39 is 0 Å². The van der Waals surface area contributed by atoms with Gasteiger partial charge in [0.05, 0.1) is 0 Å². The summed E-state index contributed by atoms with van der Waals surface area (Å²) in [6.45, 7) is 5.31. The molecule has 4 rings (SSSR count). The van der Waals surface area contributed by atoms with Gasteiger partial charge in [-0.25, -0.2) is 0 Å². The summed E-state index contributed by atoms with van der Waals surface area (Å²) in [5.41, 5.74) is 4.07. The van der Waals surface area contributed by atoms with E-state index >= 15 is 0 Å². The molecule has 2 aromatic rings. The predicted molar refractivity (Wildman–Crippen MR) is 118 cm³/mol. The zero-order valence-corrected chi connectivity index (χ0v) is 17.6. The fraction of sp³-hybridized carbons (Fsp3) is 0.440. The molecule has 0 aliphatic carbocycles. The van der Waals surface area contributed by atoms with Gasteiger partial charge in [-0.05, 0) is 61.2 Å². The van der Waals surface area contributed by atoms with E-state index in [4.69, 9.17) is 0 Å². The molecule has 5 heteroatoms. The Kier molecular flexibility index (Phi) is 6.80. The highest BCUT2D eigenvalue weighted by Crippen LogP contribution is 2.16. The van der Waals surface area contributed by atoms with Crippen molar-refractivity contribution in [2.45, 2.75) is 51.7 Å². The molecule has 2 saturated heterocycles. The Balaban J connectivity index is 1.28. The summed E-state index contributed by atoms with van der Waals surface area (Å²) in [4.78, 5) is 28.8. The molecule has 30 heavy (non-hydrogen) atoms. The normalized spacial score (nSPS) is 17.3. The first-order valence-corrected chi connectivity index (χ1v) is 11.1. The largest absolute Gasteiger partial charge is 0.348 e. The van der Waals surface area contributed by atoms with Crippen LogP contribution in [0.3, 0.4) is 0 Å². The Morgan fingerprint density at radius 1 is 0.833 bits per heavy atom. The summed E-state index contributed by atoms with van der Waals surface area (Å²) in [6, 6.07) is 16.1. The highest BCUT2D eigenvalue weighted by molar-refractivity contribution is 5.94. The molecule has 0 aromatic heterocycles. The van der Waals surface area contributed by atoms with E-state index in [0.29, 0.717) is 25.1 Å². The molecule has 2 aliphatic rings. The van der Waals surface area contributed by atoms with Crippen LogP contribution in [0.2, 0.25) is 0 Å². The number of amides is 2. The SMILES string of the molecule is O=C(NCc1ccc(CN2CCCCC2)cc1)c1cccc(CN2CCCC2=O)c1. The minimum absolute atomic E-state index is 0.0815. The molecule has 2 amide bonds. The third kappa shape index (κ3) is 5.48. The fourth-order valence-electron chi connectivity index (χ4n) is 4.33. The summed E-state index contributed by atoms with van der Waals surface area (Å²) in [5, 5.41) is 3.02. The highest BCUT2D eigenvalue weighted by Gasteiger charge is 2.20. The number of hydrogen-bond donors (Lipinski definition) is 1. The number of nitrogens with zero attached hydrogens (tertiary/aromatic N) is 2. The van der Waals surface area contributed by atoms with Crippen LogP contribution in [0.4, 0.5) is 0 Å². The summed E-state index contributed by atoms with van der Waals surface area (Å²) in [7, 11) is 0. The zero-order valence-electron chi connectivity index (χ0n) is 17.6. The maximum Gasteiger partial charge on any atom is 0.251 e. The Labute approximate surface area is 179 Å². The van der Waals surface area contributed by atoms with Crippen molar-refractivity contribution in [2.24, 2.45) is 0 Å². The Morgan fingerprint density at radius 2 is 1.60 bits per heavy atom. The maximum absolute atomic E-state index is 12.6. The lowest BCUT2D eigenvalue weighted by Crippen LogP contribution is -2.29. The number of rotatable bonds is 7. The second kappa shape index (κ2) is 9.90. The number of likely N-dealkylation sites (tertiary alicyclic amines) is 2. The number of benzene rings is 2. The van der Waals surface area contributed by atoms with Gasteiger partial charge in [0.25, 0.3) is 5.91 Å². The van der Waals surface area contributed by atoms with Crippen LogP contribution in [0.15, 0.2) is 48.5 Å². The molecule has 0 spiro atoms. The Hall–Kier alpha value is -2.66. The Morgan fingerprint density at radius 3 is 2.33 bits per heavy atom. The van der Waals surface area contributed by atoms with Gasteiger partial charge in [0.1, 0.15) is 0 Å². The first-order chi connectivity index (χ1) is 14.7. The Bertz CT molecular complexity index is 872. The van der Waals surface area contributed by atoms with E-state index in [2.05, 4.69) is 34.5 Å². The number of carbonyl (C=O) groups excluding carboxylic acids is 2. The lowest BCUT2D eigenvalue weighted by molar-refractivity contribution is -0.128. The van der Waals surface area contributed by atoms with Crippen molar-refractivity contribution in [3.63, 3.8) is 0 Å². The molecule has 0 unspecified atom stereocenters. The van der Waals surface area contributed by atoms with E-state index in [1.165, 1.54) is 37.9 Å². The second-order valence-electron chi connectivity index (χ2n) is 8.46. The van der Waals surface area contributed by atoms with Gasteiger partial charge in [-0.15, -0.1) is 0 Å². The number of piperidine rings is 1. The molecule has 2 fully saturated rings. The standard InChI is InChI=1S/C25H31N3O2/c29-24-8-5-15-28(24)19-22-6-4-7-23(16-22)25(30)26-17-20-9-11-21(12-10-20)18-27-13-2-1-3-14-27/h4,6-7,9-12,16H,1-3,5,8,13-15,17-19H2,(H,26,30). The van der Waals surface area contributed by atoms with Crippen LogP contribution < -0.4 is 5.32 Å². The quantitative estimate of drug-likeness (QED) is 0.764. The van der Waals surface area contributed by atoms with Crippen LogP contribution in [0, 0.1) is 0 Å². The van der Waals surface area contributed by atoms with Crippen LogP contribution in [0.5, 0.6) is 0 Å². The molecule has 0 bridgehead atoms. The topological polar surface area (TPSA) is 52.7 Å². The average molecular weight is 406 g/mol. The van der Waals surface area contributed by atoms with Gasteiger partial charge in [-0.3, -0.25) is 14.5 Å². The van der Waals surface area contributed by atoms with Crippen molar-refractivity contribution in [2.75, 3.05) is 19.6 Å². The van der Waals surface area contributed by atoms with E-state index in [1.54, 1.807) is 0 Å². The first kappa shape index (κ1) is 20.6. The average Bonchev–Trinajstić information content (AvgIpc) is 3.18. The van der Waals surface area contributed by atoms with Crippen molar-refractivity contribution in [3.05, 3.63) is 70.8 Å². The van der Waals surface area contributed by atoms with E-state index in [1.807, 2.05) is 29.2 Å². The molecular formula is C25H31N3O2. The number of nitrogens with one attached hydrogen (secondary N) is 1. The molecule has 0 saturated carbocycles. The monoisotopic (exact) mass is 405 g/mol. The third-order valence-electron chi connectivity index (χ3n) is 6.06. The summed E-state index contributed by atoms with van der Waals surface area (Å²) in [5.74, 6) is 0.121. The summed E-state index contributed by atoms with van der Waals surface area (Å²) < 4.78 is 0. The van der Waals surface area contributed by atoms with E-state index in [-0.39, 0.29) is 11.8 Å². The molecule has 158 valence electrons. The maximum atomic E-state index is 12.6. The molecule has 1 N–H and O–H groups in total. The van der Waals surface area contributed by atoms with Gasteiger partial charge in [0.15, 0.2) is 0 Å². The van der Waals surface area contributed by atoms with Crippen LogP contribution in [-0.4, -0.2) is 41.2 Å².